The number of amides is 1. The molecule has 0 spiro atoms. The van der Waals surface area contributed by atoms with Crippen molar-refractivity contribution in [1.29, 1.82) is 0 Å². The molecule has 2 aliphatic rings. The van der Waals surface area contributed by atoms with Crippen LogP contribution < -0.4 is 0 Å². The van der Waals surface area contributed by atoms with Crippen molar-refractivity contribution >= 4 is 12.1 Å². The summed E-state index contributed by atoms with van der Waals surface area (Å²) in [6.07, 6.45) is 5.88. The number of carboxylic acid groups (broad SMARTS) is 1. The fraction of sp³-hybridized carbons (Fsp3) is 0.733. The largest absolute Gasteiger partial charge is 0.481 e. The third-order valence-electron chi connectivity index (χ3n) is 4.61. The molecule has 0 aromatic heterocycles. The number of nitrogens with zero attached hydrogens (tertiary/aromatic N) is 1. The number of aliphatic carboxylic acids is 1. The number of rotatable bonds is 4. The van der Waals surface area contributed by atoms with E-state index in [9.17, 15) is 14.7 Å². The maximum atomic E-state index is 11.7. The Kier molecular flexibility index (Phi) is 5.04. The second-order valence-corrected chi connectivity index (χ2v) is 5.73. The summed E-state index contributed by atoms with van der Waals surface area (Å²) >= 11 is 0. The highest BCUT2D eigenvalue weighted by Crippen LogP contribution is 2.41. The van der Waals surface area contributed by atoms with E-state index in [1.165, 1.54) is 0 Å². The summed E-state index contributed by atoms with van der Waals surface area (Å²) in [7, 11) is 0. The van der Waals surface area contributed by atoms with Crippen LogP contribution in [0.5, 0.6) is 0 Å². The molecule has 5 nitrogen and oxygen atoms in total. The predicted molar refractivity (Wildman–Crippen MR) is 74.3 cm³/mol. The Morgan fingerprint density at radius 1 is 1.25 bits per heavy atom. The van der Waals surface area contributed by atoms with Crippen molar-refractivity contribution in [2.24, 2.45) is 17.8 Å². The summed E-state index contributed by atoms with van der Waals surface area (Å²) in [5, 5.41) is 9.26. The van der Waals surface area contributed by atoms with Crippen LogP contribution in [0, 0.1) is 17.8 Å². The van der Waals surface area contributed by atoms with Gasteiger partial charge in [0.1, 0.15) is 6.61 Å². The fourth-order valence-corrected chi connectivity index (χ4v) is 3.59. The van der Waals surface area contributed by atoms with Gasteiger partial charge < -0.3 is 14.7 Å². The molecule has 0 bridgehead atoms. The molecule has 1 saturated carbocycles. The Hall–Kier alpha value is -1.52. The van der Waals surface area contributed by atoms with E-state index in [4.69, 9.17) is 4.74 Å². The van der Waals surface area contributed by atoms with E-state index in [1.807, 2.05) is 0 Å². The van der Waals surface area contributed by atoms with Crippen LogP contribution >= 0.6 is 0 Å². The van der Waals surface area contributed by atoms with Gasteiger partial charge in [0, 0.05) is 13.1 Å². The number of carbonyl (C=O) groups is 2. The third-order valence-corrected chi connectivity index (χ3v) is 4.61. The highest BCUT2D eigenvalue weighted by atomic mass is 16.6. The van der Waals surface area contributed by atoms with Gasteiger partial charge in [0.25, 0.3) is 0 Å². The number of ether oxygens (including phenoxy) is 1. The molecule has 0 radical (unpaired) electrons. The van der Waals surface area contributed by atoms with Crippen molar-refractivity contribution in [1.82, 2.24) is 4.90 Å². The summed E-state index contributed by atoms with van der Waals surface area (Å²) in [4.78, 5) is 24.7. The van der Waals surface area contributed by atoms with Gasteiger partial charge in [-0.05, 0) is 37.5 Å². The molecule has 2 atom stereocenters. The SMILES string of the molecule is C=CCOC(=O)N1CCC(C2CCCC2C(=O)O)CC1. The topological polar surface area (TPSA) is 66.8 Å². The van der Waals surface area contributed by atoms with Crippen molar-refractivity contribution in [2.45, 2.75) is 32.1 Å². The van der Waals surface area contributed by atoms with Gasteiger partial charge >= 0.3 is 12.1 Å². The summed E-state index contributed by atoms with van der Waals surface area (Å²) in [6, 6.07) is 0. The van der Waals surface area contributed by atoms with E-state index in [0.717, 1.165) is 32.1 Å². The van der Waals surface area contributed by atoms with Gasteiger partial charge in [0.15, 0.2) is 0 Å². The molecule has 2 fully saturated rings. The van der Waals surface area contributed by atoms with E-state index in [2.05, 4.69) is 6.58 Å². The van der Waals surface area contributed by atoms with E-state index in [0.29, 0.717) is 24.9 Å². The predicted octanol–water partition coefficient (Wildman–Crippen LogP) is 2.52. The van der Waals surface area contributed by atoms with Crippen molar-refractivity contribution in [3.63, 3.8) is 0 Å². The smallest absolute Gasteiger partial charge is 0.410 e. The molecule has 0 aromatic carbocycles. The van der Waals surface area contributed by atoms with Crippen LogP contribution in [0.3, 0.4) is 0 Å². The molecule has 5 heteroatoms. The van der Waals surface area contributed by atoms with Crippen molar-refractivity contribution in [2.75, 3.05) is 19.7 Å². The number of hydrogen-bond donors (Lipinski definition) is 1. The number of likely N-dealkylation sites (tertiary alicyclic amines) is 1. The lowest BCUT2D eigenvalue weighted by atomic mass is 9.78. The quantitative estimate of drug-likeness (QED) is 0.804. The van der Waals surface area contributed by atoms with Crippen LogP contribution in [0.15, 0.2) is 12.7 Å². The van der Waals surface area contributed by atoms with Crippen LogP contribution in [0.4, 0.5) is 4.79 Å². The summed E-state index contributed by atoms with van der Waals surface area (Å²) in [5.74, 6) is -0.111. The highest BCUT2D eigenvalue weighted by Gasteiger charge is 2.39. The Balaban J connectivity index is 1.83. The molecule has 0 aromatic rings. The minimum Gasteiger partial charge on any atom is -0.481 e. The van der Waals surface area contributed by atoms with Gasteiger partial charge in [-0.2, -0.15) is 0 Å². The maximum Gasteiger partial charge on any atom is 0.410 e. The first-order valence-corrected chi connectivity index (χ1v) is 7.39. The van der Waals surface area contributed by atoms with Crippen molar-refractivity contribution < 1.29 is 19.4 Å². The highest BCUT2D eigenvalue weighted by molar-refractivity contribution is 5.71. The molecule has 112 valence electrons. The zero-order valence-electron chi connectivity index (χ0n) is 11.8. The molecule has 1 saturated heterocycles. The summed E-state index contributed by atoms with van der Waals surface area (Å²) in [6.45, 7) is 5.09. The average Bonchev–Trinajstić information content (AvgIpc) is 2.94. The van der Waals surface area contributed by atoms with E-state index in [1.54, 1.807) is 11.0 Å². The fourth-order valence-electron chi connectivity index (χ4n) is 3.59. The normalized spacial score (nSPS) is 27.3. The van der Waals surface area contributed by atoms with Gasteiger partial charge in [-0.1, -0.05) is 19.1 Å². The Bertz CT molecular complexity index is 374. The maximum absolute atomic E-state index is 11.7. The van der Waals surface area contributed by atoms with Crippen molar-refractivity contribution in [3.8, 4) is 0 Å². The van der Waals surface area contributed by atoms with Crippen LogP contribution in [0.2, 0.25) is 0 Å². The van der Waals surface area contributed by atoms with Crippen molar-refractivity contribution in [3.05, 3.63) is 12.7 Å². The first kappa shape index (κ1) is 14.9. The number of carboxylic acids is 1. The molecule has 1 aliphatic heterocycles. The minimum absolute atomic E-state index is 0.181. The zero-order chi connectivity index (χ0) is 14.5. The van der Waals surface area contributed by atoms with Gasteiger partial charge in [0.05, 0.1) is 5.92 Å². The third kappa shape index (κ3) is 3.32. The monoisotopic (exact) mass is 281 g/mol. The van der Waals surface area contributed by atoms with E-state index < -0.39 is 5.97 Å². The lowest BCUT2D eigenvalue weighted by molar-refractivity contribution is -0.143. The first-order valence-electron chi connectivity index (χ1n) is 7.39. The Labute approximate surface area is 119 Å². The molecule has 1 heterocycles. The molecule has 1 N–H and O–H groups in total. The molecule has 1 aliphatic carbocycles. The van der Waals surface area contributed by atoms with Crippen LogP contribution in [0.1, 0.15) is 32.1 Å². The molecule has 1 amide bonds. The average molecular weight is 281 g/mol. The zero-order valence-corrected chi connectivity index (χ0v) is 11.8. The number of hydrogen-bond acceptors (Lipinski definition) is 3. The summed E-state index contributed by atoms with van der Waals surface area (Å²) in [5.41, 5.74) is 0. The molecular weight excluding hydrogens is 258 g/mol. The Morgan fingerprint density at radius 2 is 1.95 bits per heavy atom. The Morgan fingerprint density at radius 3 is 2.55 bits per heavy atom. The van der Waals surface area contributed by atoms with Gasteiger partial charge in [-0.3, -0.25) is 4.79 Å². The van der Waals surface area contributed by atoms with E-state index in [-0.39, 0.29) is 18.6 Å². The van der Waals surface area contributed by atoms with Crippen LogP contribution in [-0.2, 0) is 9.53 Å². The van der Waals surface area contributed by atoms with Crippen LogP contribution in [0.25, 0.3) is 0 Å². The van der Waals surface area contributed by atoms with Gasteiger partial charge in [0.2, 0.25) is 0 Å². The van der Waals surface area contributed by atoms with Gasteiger partial charge in [-0.15, -0.1) is 0 Å². The second-order valence-electron chi connectivity index (χ2n) is 5.73. The first-order chi connectivity index (χ1) is 9.63. The summed E-state index contributed by atoms with van der Waals surface area (Å²) < 4.78 is 5.03. The van der Waals surface area contributed by atoms with Gasteiger partial charge in [-0.25, -0.2) is 4.79 Å². The minimum atomic E-state index is -0.652. The molecule has 2 rings (SSSR count). The van der Waals surface area contributed by atoms with Crippen LogP contribution in [-0.4, -0.2) is 41.8 Å². The lowest BCUT2D eigenvalue weighted by Gasteiger charge is -2.35. The number of carbonyl (C=O) groups excluding carboxylic acids is 1. The lowest BCUT2D eigenvalue weighted by Crippen LogP contribution is -2.41. The molecular formula is C15H23NO4. The van der Waals surface area contributed by atoms with E-state index >= 15 is 0 Å². The molecule has 2 unspecified atom stereocenters. The standard InChI is InChI=1S/C15H23NO4/c1-2-10-20-15(19)16-8-6-11(7-9-16)12-4-3-5-13(12)14(17)18/h2,11-13H,1,3-10H2,(H,17,18). The number of piperidine rings is 1. The second kappa shape index (κ2) is 6.77. The molecule has 20 heavy (non-hydrogen) atoms.